The third-order valence-corrected chi connectivity index (χ3v) is 4.26. The molecule has 0 unspecified atom stereocenters. The van der Waals surface area contributed by atoms with Gasteiger partial charge in [-0.1, -0.05) is 30.3 Å². The van der Waals surface area contributed by atoms with Crippen molar-refractivity contribution in [2.24, 2.45) is 0 Å². The van der Waals surface area contributed by atoms with Crippen LogP contribution in [0.3, 0.4) is 0 Å². The number of rotatable bonds is 5. The van der Waals surface area contributed by atoms with Gasteiger partial charge in [0.25, 0.3) is 0 Å². The summed E-state index contributed by atoms with van der Waals surface area (Å²) in [7, 11) is 0. The van der Waals surface area contributed by atoms with Crippen molar-refractivity contribution in [1.82, 2.24) is 0 Å². The first-order chi connectivity index (χ1) is 11.6. The van der Waals surface area contributed by atoms with Crippen molar-refractivity contribution >= 4 is 34.0 Å². The van der Waals surface area contributed by atoms with Gasteiger partial charge in [0.2, 0.25) is 0 Å². The third-order valence-electron chi connectivity index (χ3n) is 3.39. The predicted molar refractivity (Wildman–Crippen MR) is 98.9 cm³/mol. The highest BCUT2D eigenvalue weighted by molar-refractivity contribution is 14.1. The Morgan fingerprint density at radius 3 is 2.17 bits per heavy atom. The zero-order chi connectivity index (χ0) is 16.9. The van der Waals surface area contributed by atoms with Gasteiger partial charge >= 0.3 is 0 Å². The van der Waals surface area contributed by atoms with Crippen LogP contribution in [0.15, 0.2) is 72.8 Å². The highest BCUT2D eigenvalue weighted by Gasteiger charge is 2.15. The Labute approximate surface area is 152 Å². The van der Waals surface area contributed by atoms with E-state index in [0.29, 0.717) is 21.6 Å². The van der Waals surface area contributed by atoms with Crippen LogP contribution in [0.5, 0.6) is 0 Å². The second-order valence-electron chi connectivity index (χ2n) is 5.13. The van der Waals surface area contributed by atoms with Crippen LogP contribution in [-0.2, 0) is 11.4 Å². The molecule has 0 N–H and O–H groups in total. The summed E-state index contributed by atoms with van der Waals surface area (Å²) in [5, 5.41) is 1.59. The van der Waals surface area contributed by atoms with Crippen LogP contribution >= 0.6 is 22.6 Å². The summed E-state index contributed by atoms with van der Waals surface area (Å²) in [5.74, 6) is -0.638. The lowest BCUT2D eigenvalue weighted by molar-refractivity contribution is 0.122. The van der Waals surface area contributed by atoms with Crippen LogP contribution in [-0.4, -0.2) is 0 Å². The van der Waals surface area contributed by atoms with Crippen molar-refractivity contribution in [3.8, 4) is 0 Å². The minimum Gasteiger partial charge on any atom is -0.264 e. The van der Waals surface area contributed by atoms with Gasteiger partial charge in [0.05, 0.1) is 11.4 Å². The average Bonchev–Trinajstić information content (AvgIpc) is 2.59. The van der Waals surface area contributed by atoms with E-state index in [9.17, 15) is 8.78 Å². The monoisotopic (exact) mass is 437 g/mol. The van der Waals surface area contributed by atoms with Gasteiger partial charge in [0.15, 0.2) is 0 Å². The van der Waals surface area contributed by atoms with E-state index in [0.717, 1.165) is 5.56 Å². The Hall–Kier alpha value is -1.99. The maximum atomic E-state index is 13.4. The number of hydrogen-bond donors (Lipinski definition) is 0. The Morgan fingerprint density at radius 1 is 0.833 bits per heavy atom. The molecule has 0 aromatic heterocycles. The molecule has 3 aromatic rings. The Bertz CT molecular complexity index is 809. The first kappa shape index (κ1) is 16.9. The lowest BCUT2D eigenvalue weighted by Crippen LogP contribution is -2.18. The lowest BCUT2D eigenvalue weighted by atomic mass is 10.2. The number of nitrogens with zero attached hydrogens (tertiary/aromatic N) is 1. The molecule has 0 bridgehead atoms. The van der Waals surface area contributed by atoms with Crippen LogP contribution in [0.1, 0.15) is 5.56 Å². The summed E-state index contributed by atoms with van der Waals surface area (Å²) < 4.78 is 27.3. The van der Waals surface area contributed by atoms with Crippen molar-refractivity contribution in [1.29, 1.82) is 0 Å². The van der Waals surface area contributed by atoms with Crippen LogP contribution < -0.4 is 5.06 Å². The smallest absolute Gasteiger partial charge is 0.124 e. The molecular weight excluding hydrogens is 423 g/mol. The molecule has 0 radical (unpaired) electrons. The summed E-state index contributed by atoms with van der Waals surface area (Å²) in [4.78, 5) is 5.94. The molecule has 0 aliphatic carbocycles. The maximum Gasteiger partial charge on any atom is 0.124 e. The van der Waals surface area contributed by atoms with Gasteiger partial charge in [-0.2, -0.15) is 0 Å². The van der Waals surface area contributed by atoms with Crippen LogP contribution in [0.4, 0.5) is 20.2 Å². The van der Waals surface area contributed by atoms with Crippen LogP contribution in [0.2, 0.25) is 0 Å². The summed E-state index contributed by atoms with van der Waals surface area (Å²) >= 11 is 2.05. The van der Waals surface area contributed by atoms with Gasteiger partial charge in [0, 0.05) is 3.57 Å². The molecule has 3 rings (SSSR count). The summed E-state index contributed by atoms with van der Waals surface area (Å²) in [6.07, 6.45) is 0. The topological polar surface area (TPSA) is 12.5 Å². The maximum absolute atomic E-state index is 13.4. The minimum absolute atomic E-state index is 0.315. The summed E-state index contributed by atoms with van der Waals surface area (Å²) in [6, 6.07) is 20.1. The highest BCUT2D eigenvalue weighted by atomic mass is 127. The molecule has 3 aromatic carbocycles. The van der Waals surface area contributed by atoms with E-state index in [1.807, 2.05) is 30.3 Å². The van der Waals surface area contributed by atoms with E-state index in [1.165, 1.54) is 24.3 Å². The van der Waals surface area contributed by atoms with Crippen molar-refractivity contribution in [2.75, 3.05) is 5.06 Å². The van der Waals surface area contributed by atoms with Crippen molar-refractivity contribution in [2.45, 2.75) is 6.61 Å². The quantitative estimate of drug-likeness (QED) is 0.368. The van der Waals surface area contributed by atoms with Gasteiger partial charge in [-0.3, -0.25) is 4.84 Å². The van der Waals surface area contributed by atoms with Crippen LogP contribution in [0, 0.1) is 15.2 Å². The van der Waals surface area contributed by atoms with Crippen molar-refractivity contribution in [3.05, 3.63) is 93.6 Å². The third kappa shape index (κ3) is 4.10. The molecule has 0 aliphatic rings. The Kier molecular flexibility index (Phi) is 5.42. The first-order valence-electron chi connectivity index (χ1n) is 7.31. The molecule has 0 spiro atoms. The van der Waals surface area contributed by atoms with Gasteiger partial charge in [-0.15, -0.1) is 0 Å². The highest BCUT2D eigenvalue weighted by Crippen LogP contribution is 2.31. The SMILES string of the molecule is Fc1ccc(N(OCc2ccccc2)c2ccc(F)cc2I)cc1. The lowest BCUT2D eigenvalue weighted by Gasteiger charge is -2.25. The van der Waals surface area contributed by atoms with E-state index in [-0.39, 0.29) is 11.6 Å². The molecule has 0 atom stereocenters. The molecule has 122 valence electrons. The van der Waals surface area contributed by atoms with Gasteiger partial charge < -0.3 is 0 Å². The van der Waals surface area contributed by atoms with Crippen molar-refractivity contribution in [3.63, 3.8) is 0 Å². The zero-order valence-corrected chi connectivity index (χ0v) is 14.8. The van der Waals surface area contributed by atoms with Crippen LogP contribution in [0.25, 0.3) is 0 Å². The van der Waals surface area contributed by atoms with E-state index in [2.05, 4.69) is 22.6 Å². The summed E-state index contributed by atoms with van der Waals surface area (Å²) in [6.45, 7) is 0.339. The van der Waals surface area contributed by atoms with E-state index in [4.69, 9.17) is 4.84 Å². The molecule has 0 heterocycles. The molecular formula is C19H14F2INO. The molecule has 0 saturated carbocycles. The number of benzene rings is 3. The van der Waals surface area contributed by atoms with Gasteiger partial charge in [-0.25, -0.2) is 13.8 Å². The van der Waals surface area contributed by atoms with Gasteiger partial charge in [0.1, 0.15) is 18.2 Å². The molecule has 0 amide bonds. The zero-order valence-electron chi connectivity index (χ0n) is 12.6. The number of halogens is 3. The normalized spacial score (nSPS) is 10.6. The Morgan fingerprint density at radius 2 is 1.50 bits per heavy atom. The van der Waals surface area contributed by atoms with E-state index in [1.54, 1.807) is 23.3 Å². The molecule has 5 heteroatoms. The average molecular weight is 437 g/mol. The largest absolute Gasteiger partial charge is 0.264 e. The standard InChI is InChI=1S/C19H14F2INO/c20-15-6-9-17(10-7-15)23(19-11-8-16(21)12-18(19)22)24-13-14-4-2-1-3-5-14/h1-12H,13H2. The fourth-order valence-corrected chi connectivity index (χ4v) is 2.92. The van der Waals surface area contributed by atoms with E-state index >= 15 is 0 Å². The fourth-order valence-electron chi connectivity index (χ4n) is 2.22. The second kappa shape index (κ2) is 7.72. The first-order valence-corrected chi connectivity index (χ1v) is 8.39. The van der Waals surface area contributed by atoms with Crippen molar-refractivity contribution < 1.29 is 13.6 Å². The predicted octanol–water partition coefficient (Wildman–Crippen LogP) is 5.84. The number of anilines is 2. The van der Waals surface area contributed by atoms with Gasteiger partial charge in [-0.05, 0) is 70.6 Å². The molecule has 24 heavy (non-hydrogen) atoms. The Balaban J connectivity index is 1.92. The summed E-state index contributed by atoms with van der Waals surface area (Å²) in [5.41, 5.74) is 2.36. The molecule has 0 aliphatic heterocycles. The number of hydrogen-bond acceptors (Lipinski definition) is 2. The van der Waals surface area contributed by atoms with E-state index < -0.39 is 0 Å². The molecule has 2 nitrogen and oxygen atoms in total. The minimum atomic E-state index is -0.324. The molecule has 0 fully saturated rings. The molecule has 0 saturated heterocycles. The fraction of sp³-hybridized carbons (Fsp3) is 0.0526. The second-order valence-corrected chi connectivity index (χ2v) is 6.29.